The molecular weight excluding hydrogens is 396 g/mol. The lowest BCUT2D eigenvalue weighted by Crippen LogP contribution is -2.54. The Bertz CT molecular complexity index is 711. The topological polar surface area (TPSA) is 93.1 Å². The van der Waals surface area contributed by atoms with E-state index in [-0.39, 0.29) is 43.0 Å². The summed E-state index contributed by atoms with van der Waals surface area (Å²) in [6.07, 6.45) is 8.14. The second kappa shape index (κ2) is 10.8. The number of methoxy groups -OCH3 is 1. The van der Waals surface area contributed by atoms with Crippen LogP contribution in [0.3, 0.4) is 0 Å². The molecule has 2 aliphatic carbocycles. The van der Waals surface area contributed by atoms with Gasteiger partial charge in [-0.3, -0.25) is 9.59 Å². The van der Waals surface area contributed by atoms with E-state index in [4.69, 9.17) is 4.74 Å². The number of rotatable bonds is 9. The van der Waals surface area contributed by atoms with Gasteiger partial charge in [0, 0.05) is 6.61 Å². The third-order valence-corrected chi connectivity index (χ3v) is 7.66. The summed E-state index contributed by atoms with van der Waals surface area (Å²) < 4.78 is 9.71. The summed E-state index contributed by atoms with van der Waals surface area (Å²) in [5.74, 6) is -0.132. The van der Waals surface area contributed by atoms with Gasteiger partial charge in [-0.1, -0.05) is 31.1 Å². The van der Waals surface area contributed by atoms with E-state index >= 15 is 0 Å². The molecule has 2 rings (SSSR count). The van der Waals surface area contributed by atoms with Crippen LogP contribution >= 0.6 is 0 Å². The number of esters is 2. The molecule has 0 saturated heterocycles. The van der Waals surface area contributed by atoms with Crippen LogP contribution in [0.1, 0.15) is 72.6 Å². The van der Waals surface area contributed by atoms with Crippen LogP contribution < -0.4 is 0 Å². The number of hydrogen-bond donors (Lipinski definition) is 2. The maximum Gasteiger partial charge on any atom is 0.306 e. The van der Waals surface area contributed by atoms with Gasteiger partial charge in [-0.05, 0) is 74.7 Å². The monoisotopic (exact) mass is 436 g/mol. The molecule has 2 N–H and O–H groups in total. The summed E-state index contributed by atoms with van der Waals surface area (Å²) in [5.41, 5.74) is 2.22. The molecule has 0 radical (unpaired) electrons. The predicted molar refractivity (Wildman–Crippen MR) is 119 cm³/mol. The number of carbonyl (C=O) groups excluding carboxylic acids is 2. The molecule has 6 nitrogen and oxygen atoms in total. The van der Waals surface area contributed by atoms with Gasteiger partial charge >= 0.3 is 11.9 Å². The highest BCUT2D eigenvalue weighted by Gasteiger charge is 2.55. The second-order valence-electron chi connectivity index (χ2n) is 10.0. The first-order valence-electron chi connectivity index (χ1n) is 11.4. The molecule has 176 valence electrons. The maximum atomic E-state index is 11.7. The number of aliphatic hydroxyl groups is 2. The molecule has 0 aliphatic heterocycles. The van der Waals surface area contributed by atoms with E-state index in [0.29, 0.717) is 18.3 Å². The Morgan fingerprint density at radius 1 is 1.19 bits per heavy atom. The van der Waals surface area contributed by atoms with E-state index in [1.54, 1.807) is 0 Å². The quantitative estimate of drug-likeness (QED) is 0.420. The molecule has 1 saturated carbocycles. The number of hydrogen-bond acceptors (Lipinski definition) is 6. The average Bonchev–Trinajstić information content (AvgIpc) is 2.70. The van der Waals surface area contributed by atoms with Crippen LogP contribution in [-0.4, -0.2) is 48.6 Å². The molecule has 5 unspecified atom stereocenters. The van der Waals surface area contributed by atoms with Crippen LogP contribution in [0.2, 0.25) is 0 Å². The standard InChI is InChI=1S/C25H40O6/c1-17(12-13-31-23(29)11-10-22(28)30-5)6-8-20-18(2)7-9-21-24(3,16-26)14-19(27)15-25(20,21)4/h7,12,19-21,26-27H,6,8-11,13-16H2,1-5H3. The van der Waals surface area contributed by atoms with Crippen molar-refractivity contribution in [2.45, 2.75) is 78.7 Å². The van der Waals surface area contributed by atoms with Crippen LogP contribution in [0.5, 0.6) is 0 Å². The van der Waals surface area contributed by atoms with E-state index in [9.17, 15) is 19.8 Å². The first kappa shape index (κ1) is 25.6. The van der Waals surface area contributed by atoms with Crippen molar-refractivity contribution in [3.05, 3.63) is 23.3 Å². The Kier molecular flexibility index (Phi) is 8.90. The minimum absolute atomic E-state index is 0.0251. The summed E-state index contributed by atoms with van der Waals surface area (Å²) in [4.78, 5) is 22.8. The largest absolute Gasteiger partial charge is 0.469 e. The van der Waals surface area contributed by atoms with Crippen LogP contribution in [0.25, 0.3) is 0 Å². The molecule has 0 aromatic rings. The maximum absolute atomic E-state index is 11.7. The molecular formula is C25H40O6. The first-order chi connectivity index (χ1) is 14.6. The fraction of sp³-hybridized carbons (Fsp3) is 0.760. The van der Waals surface area contributed by atoms with Gasteiger partial charge in [0.15, 0.2) is 0 Å². The van der Waals surface area contributed by atoms with Crippen molar-refractivity contribution in [2.75, 3.05) is 20.3 Å². The van der Waals surface area contributed by atoms with Gasteiger partial charge in [-0.15, -0.1) is 0 Å². The van der Waals surface area contributed by atoms with Crippen molar-refractivity contribution in [3.8, 4) is 0 Å². The zero-order valence-corrected chi connectivity index (χ0v) is 19.8. The highest BCUT2D eigenvalue weighted by Crippen LogP contribution is 2.60. The summed E-state index contributed by atoms with van der Waals surface area (Å²) >= 11 is 0. The number of carbonyl (C=O) groups is 2. The molecule has 2 aliphatic rings. The Morgan fingerprint density at radius 3 is 2.52 bits per heavy atom. The Labute approximate surface area is 186 Å². The van der Waals surface area contributed by atoms with E-state index in [2.05, 4.69) is 31.6 Å². The molecule has 6 heteroatoms. The molecule has 0 aromatic carbocycles. The van der Waals surface area contributed by atoms with Crippen LogP contribution in [0.4, 0.5) is 0 Å². The van der Waals surface area contributed by atoms with E-state index < -0.39 is 11.9 Å². The SMILES string of the molecule is COC(=O)CCC(=O)OCC=C(C)CCC1C(C)=CCC2C(C)(CO)CC(O)CC12C. The van der Waals surface area contributed by atoms with Crippen LogP contribution in [0, 0.1) is 22.7 Å². The molecule has 31 heavy (non-hydrogen) atoms. The predicted octanol–water partition coefficient (Wildman–Crippen LogP) is 3.95. The van der Waals surface area contributed by atoms with Gasteiger partial charge in [0.05, 0.1) is 26.1 Å². The van der Waals surface area contributed by atoms with Gasteiger partial charge in [0.2, 0.25) is 0 Å². The summed E-state index contributed by atoms with van der Waals surface area (Å²) in [5, 5.41) is 20.7. The molecule has 0 heterocycles. The van der Waals surface area contributed by atoms with E-state index in [1.807, 2.05) is 13.0 Å². The summed E-state index contributed by atoms with van der Waals surface area (Å²) in [6.45, 7) is 8.93. The lowest BCUT2D eigenvalue weighted by molar-refractivity contribution is -0.148. The van der Waals surface area contributed by atoms with Crippen LogP contribution in [-0.2, 0) is 19.1 Å². The van der Waals surface area contributed by atoms with Crippen molar-refractivity contribution in [3.63, 3.8) is 0 Å². The zero-order chi connectivity index (χ0) is 23.2. The third kappa shape index (κ3) is 6.19. The highest BCUT2D eigenvalue weighted by atomic mass is 16.5. The molecule has 0 spiro atoms. The van der Waals surface area contributed by atoms with Crippen molar-refractivity contribution < 1.29 is 29.3 Å². The van der Waals surface area contributed by atoms with Crippen molar-refractivity contribution in [2.24, 2.45) is 22.7 Å². The fourth-order valence-electron chi connectivity index (χ4n) is 5.97. The molecule has 0 aromatic heterocycles. The molecule has 1 fully saturated rings. The Hall–Kier alpha value is -1.66. The van der Waals surface area contributed by atoms with E-state index in [0.717, 1.165) is 31.3 Å². The molecule has 0 bridgehead atoms. The number of aliphatic hydroxyl groups excluding tert-OH is 2. The third-order valence-electron chi connectivity index (χ3n) is 7.66. The van der Waals surface area contributed by atoms with Gasteiger partial charge in [0.1, 0.15) is 6.61 Å². The molecule has 5 atom stereocenters. The van der Waals surface area contributed by atoms with Gasteiger partial charge < -0.3 is 19.7 Å². The number of allylic oxidation sites excluding steroid dienone is 3. The first-order valence-corrected chi connectivity index (χ1v) is 11.4. The smallest absolute Gasteiger partial charge is 0.306 e. The van der Waals surface area contributed by atoms with Gasteiger partial charge in [0.25, 0.3) is 0 Å². The second-order valence-corrected chi connectivity index (χ2v) is 10.0. The highest BCUT2D eigenvalue weighted by molar-refractivity contribution is 5.77. The Morgan fingerprint density at radius 2 is 1.87 bits per heavy atom. The lowest BCUT2D eigenvalue weighted by Gasteiger charge is -2.58. The number of ether oxygens (including phenoxy) is 2. The normalized spacial score (nSPS) is 33.3. The lowest BCUT2D eigenvalue weighted by atomic mass is 9.47. The fourth-order valence-corrected chi connectivity index (χ4v) is 5.97. The van der Waals surface area contributed by atoms with Crippen molar-refractivity contribution >= 4 is 11.9 Å². The van der Waals surface area contributed by atoms with Gasteiger partial charge in [-0.2, -0.15) is 0 Å². The summed E-state index contributed by atoms with van der Waals surface area (Å²) in [6, 6.07) is 0. The summed E-state index contributed by atoms with van der Waals surface area (Å²) in [7, 11) is 1.30. The van der Waals surface area contributed by atoms with E-state index in [1.165, 1.54) is 12.7 Å². The van der Waals surface area contributed by atoms with Crippen molar-refractivity contribution in [1.29, 1.82) is 0 Å². The Balaban J connectivity index is 1.96. The number of fused-ring (bicyclic) bond motifs is 1. The molecule has 0 amide bonds. The minimum atomic E-state index is -0.420. The van der Waals surface area contributed by atoms with Gasteiger partial charge in [-0.25, -0.2) is 0 Å². The average molecular weight is 437 g/mol. The minimum Gasteiger partial charge on any atom is -0.469 e. The zero-order valence-electron chi connectivity index (χ0n) is 19.8. The van der Waals surface area contributed by atoms with Crippen LogP contribution in [0.15, 0.2) is 23.3 Å². The van der Waals surface area contributed by atoms with Crippen molar-refractivity contribution in [1.82, 2.24) is 0 Å².